The van der Waals surface area contributed by atoms with Gasteiger partial charge in [-0.1, -0.05) is 57.8 Å². The predicted molar refractivity (Wildman–Crippen MR) is 211 cm³/mol. The molecule has 3 aliphatic rings. The Hall–Kier alpha value is -0.680. The predicted octanol–water partition coefficient (Wildman–Crippen LogP) is 4.31. The molecule has 3 aliphatic heterocycles. The summed E-state index contributed by atoms with van der Waals surface area (Å²) in [6.45, 7) is 1.43. The molecule has 0 saturated carbocycles. The summed E-state index contributed by atoms with van der Waals surface area (Å²) in [5, 5.41) is 77.3. The minimum atomic E-state index is -1.36. The number of urea groups is 1. The van der Waals surface area contributed by atoms with Crippen molar-refractivity contribution in [1.82, 2.24) is 10.6 Å². The summed E-state index contributed by atoms with van der Waals surface area (Å²) >= 11 is 3.26. The lowest BCUT2D eigenvalue weighted by molar-refractivity contribution is -0.205. The van der Waals surface area contributed by atoms with Gasteiger partial charge in [0.1, 0.15) is 35.6 Å². The number of aliphatic hydroxyl groups excluding tert-OH is 6. The summed E-state index contributed by atoms with van der Waals surface area (Å²) < 4.78 is 5.52. The zero-order chi connectivity index (χ0) is 38.6. The average molecular weight is 793 g/mol. The van der Waals surface area contributed by atoms with Crippen LogP contribution in [0.5, 0.6) is 0 Å². The van der Waals surface area contributed by atoms with E-state index in [1.807, 2.05) is 18.7 Å². The highest BCUT2D eigenvalue weighted by atomic mass is 32.2. The Morgan fingerprint density at radius 1 is 0.811 bits per heavy atom. The summed E-state index contributed by atoms with van der Waals surface area (Å²) in [5.74, 6) is 1.97. The Morgan fingerprint density at radius 3 is 2.00 bits per heavy atom. The van der Waals surface area contributed by atoms with Crippen molar-refractivity contribution in [3.63, 3.8) is 0 Å². The van der Waals surface area contributed by atoms with E-state index in [1.54, 1.807) is 0 Å². The second kappa shape index (κ2) is 25.5. The fourth-order valence-electron chi connectivity index (χ4n) is 7.74. The molecule has 3 heterocycles. The molecule has 53 heavy (non-hydrogen) atoms. The lowest BCUT2D eigenvalue weighted by Gasteiger charge is -2.39. The molecule has 2 amide bonds. The molecule has 0 aromatic rings. The van der Waals surface area contributed by atoms with Crippen molar-refractivity contribution in [2.24, 2.45) is 0 Å². The fraction of sp³-hybridized carbons (Fsp3) is 0.949. The second-order valence-electron chi connectivity index (χ2n) is 16.1. The van der Waals surface area contributed by atoms with Gasteiger partial charge in [0.2, 0.25) is 0 Å². The van der Waals surface area contributed by atoms with Crippen LogP contribution in [0, 0.1) is 0 Å². The summed E-state index contributed by atoms with van der Waals surface area (Å²) in [4.78, 5) is 23.8. The number of nitrogens with one attached hydrogen (secondary N) is 2. The highest BCUT2D eigenvalue weighted by Gasteiger charge is 2.44. The van der Waals surface area contributed by atoms with E-state index >= 15 is 0 Å². The van der Waals surface area contributed by atoms with Crippen LogP contribution in [0.2, 0.25) is 0 Å². The molecular weight excluding hydrogens is 721 g/mol. The minimum Gasteiger partial charge on any atom is -0.394 e. The Morgan fingerprint density at radius 2 is 1.38 bits per heavy atom. The van der Waals surface area contributed by atoms with Gasteiger partial charge >= 0.3 is 6.03 Å². The van der Waals surface area contributed by atoms with Crippen LogP contribution in [0.15, 0.2) is 0 Å². The molecule has 9 N–H and O–H groups in total. The second-order valence-corrected chi connectivity index (χ2v) is 18.6. The number of Topliss-reactive ketones (excluding diaryl/α,β-unsaturated/α-hetero) is 1. The number of unbranched alkanes of at least 4 members (excludes halogenated alkanes) is 8. The van der Waals surface area contributed by atoms with Crippen LogP contribution in [0.3, 0.4) is 0 Å². The van der Waals surface area contributed by atoms with Crippen LogP contribution in [0.4, 0.5) is 4.79 Å². The maximum atomic E-state index is 12.3. The SMILES string of the molecule is CC(O)(CCCCCC(O)CCCCCC(O)CCCCCC(=O)CCCCC1SCC2NC(=O)NC21)CCCCSC1OC(CO)C(O)C(O)C1O. The van der Waals surface area contributed by atoms with Crippen molar-refractivity contribution < 1.29 is 50.1 Å². The zero-order valence-corrected chi connectivity index (χ0v) is 33.8. The van der Waals surface area contributed by atoms with Gasteiger partial charge in [0, 0.05) is 23.8 Å². The quantitative estimate of drug-likeness (QED) is 0.0369. The number of rotatable bonds is 30. The average Bonchev–Trinajstić information content (AvgIpc) is 3.68. The lowest BCUT2D eigenvalue weighted by Crippen LogP contribution is -2.57. The first-order valence-electron chi connectivity index (χ1n) is 20.6. The van der Waals surface area contributed by atoms with Crippen molar-refractivity contribution in [1.29, 1.82) is 0 Å². The molecule has 0 spiro atoms. The molecule has 11 atom stereocenters. The maximum absolute atomic E-state index is 12.3. The van der Waals surface area contributed by atoms with E-state index in [-0.39, 0.29) is 30.3 Å². The molecule has 0 radical (unpaired) electrons. The summed E-state index contributed by atoms with van der Waals surface area (Å²) in [5.41, 5.74) is -1.47. The number of carbonyl (C=O) groups is 2. The minimum absolute atomic E-state index is 0.0523. The van der Waals surface area contributed by atoms with E-state index in [0.29, 0.717) is 42.5 Å². The van der Waals surface area contributed by atoms with E-state index in [4.69, 9.17) is 4.74 Å². The van der Waals surface area contributed by atoms with Crippen LogP contribution in [0.25, 0.3) is 0 Å². The molecule has 3 rings (SSSR count). The molecule has 310 valence electrons. The van der Waals surface area contributed by atoms with Crippen molar-refractivity contribution in [2.75, 3.05) is 18.1 Å². The van der Waals surface area contributed by atoms with E-state index in [9.17, 15) is 45.3 Å². The van der Waals surface area contributed by atoms with Gasteiger partial charge < -0.3 is 51.1 Å². The molecular formula is C39H72N2O10S2. The van der Waals surface area contributed by atoms with Crippen LogP contribution in [-0.2, 0) is 9.53 Å². The van der Waals surface area contributed by atoms with Gasteiger partial charge in [-0.15, -0.1) is 11.8 Å². The Balaban J connectivity index is 1.05. The zero-order valence-electron chi connectivity index (χ0n) is 32.1. The summed E-state index contributed by atoms with van der Waals surface area (Å²) in [6.07, 6.45) is 13.4. The van der Waals surface area contributed by atoms with Crippen LogP contribution >= 0.6 is 23.5 Å². The van der Waals surface area contributed by atoms with Crippen molar-refractivity contribution in [2.45, 2.75) is 213 Å². The molecule has 0 aliphatic carbocycles. The number of amides is 2. The third kappa shape index (κ3) is 18.0. The number of ketones is 1. The molecule has 0 aromatic heterocycles. The first-order chi connectivity index (χ1) is 25.4. The number of ether oxygens (including phenoxy) is 1. The van der Waals surface area contributed by atoms with Gasteiger partial charge in [-0.3, -0.25) is 4.79 Å². The van der Waals surface area contributed by atoms with Crippen LogP contribution in [-0.4, -0.2) is 131 Å². The molecule has 12 nitrogen and oxygen atoms in total. The number of carbonyl (C=O) groups excluding carboxylic acids is 2. The Bertz CT molecular complexity index is 1030. The lowest BCUT2D eigenvalue weighted by atomic mass is 9.92. The molecule has 0 bridgehead atoms. The van der Waals surface area contributed by atoms with Gasteiger partial charge in [0.15, 0.2) is 0 Å². The molecule has 3 fully saturated rings. The largest absolute Gasteiger partial charge is 0.394 e. The first kappa shape index (κ1) is 46.7. The van der Waals surface area contributed by atoms with Crippen LogP contribution in [0.1, 0.15) is 148 Å². The molecule has 3 saturated heterocycles. The van der Waals surface area contributed by atoms with E-state index < -0.39 is 42.1 Å². The third-order valence-corrected chi connectivity index (χ3v) is 13.9. The molecule has 0 aromatic carbocycles. The fourth-order valence-corrected chi connectivity index (χ4v) is 10.5. The van der Waals surface area contributed by atoms with Gasteiger partial charge in [-0.05, 0) is 83.3 Å². The van der Waals surface area contributed by atoms with Crippen molar-refractivity contribution in [3.05, 3.63) is 0 Å². The number of hydrogen-bond acceptors (Lipinski definition) is 12. The summed E-state index contributed by atoms with van der Waals surface area (Å²) in [7, 11) is 0. The highest BCUT2D eigenvalue weighted by Crippen LogP contribution is 2.33. The van der Waals surface area contributed by atoms with Gasteiger partial charge in [-0.25, -0.2) is 4.79 Å². The molecule has 14 heteroatoms. The highest BCUT2D eigenvalue weighted by molar-refractivity contribution is 8.00. The molecule has 11 unspecified atom stereocenters. The maximum Gasteiger partial charge on any atom is 0.315 e. The van der Waals surface area contributed by atoms with Crippen molar-refractivity contribution >= 4 is 35.3 Å². The monoisotopic (exact) mass is 792 g/mol. The summed E-state index contributed by atoms with van der Waals surface area (Å²) in [6, 6.07) is 0.437. The number of fused-ring (bicyclic) bond motifs is 1. The van der Waals surface area contributed by atoms with E-state index in [0.717, 1.165) is 121 Å². The first-order valence-corrected chi connectivity index (χ1v) is 22.7. The Kier molecular flexibility index (Phi) is 22.5. The standard InChI is InChI=1S/C39H72N2O10S2/c1-39(50,23-13-14-24-52-37-36(48)35(47)34(46)31(25-42)51-37)22-12-4-9-19-28(44)17-7-2-5-15-27(43)16-6-3-8-18-29(45)20-10-11-21-32-33-30(26-53-32)40-38(49)41-33/h27-28,30-37,42-44,46-48,50H,2-26H2,1H3,(H2,40,41,49). The van der Waals surface area contributed by atoms with Crippen molar-refractivity contribution in [3.8, 4) is 0 Å². The number of aliphatic hydroxyl groups is 7. The Labute approximate surface area is 326 Å². The van der Waals surface area contributed by atoms with Gasteiger partial charge in [0.05, 0.1) is 36.5 Å². The normalized spacial score (nSPS) is 29.3. The van der Waals surface area contributed by atoms with Crippen LogP contribution < -0.4 is 10.6 Å². The third-order valence-electron chi connectivity index (χ3n) is 11.2. The topological polar surface area (TPSA) is 209 Å². The van der Waals surface area contributed by atoms with Gasteiger partial charge in [0.25, 0.3) is 0 Å². The van der Waals surface area contributed by atoms with E-state index in [1.165, 1.54) is 11.8 Å². The number of hydrogen-bond donors (Lipinski definition) is 9. The number of thioether (sulfide) groups is 2. The van der Waals surface area contributed by atoms with E-state index in [2.05, 4.69) is 10.6 Å². The van der Waals surface area contributed by atoms with Gasteiger partial charge in [-0.2, -0.15) is 11.8 Å². The smallest absolute Gasteiger partial charge is 0.315 e.